The number of fused-ring (bicyclic) bond motifs is 1. The summed E-state index contributed by atoms with van der Waals surface area (Å²) in [5.41, 5.74) is 0.0635. The van der Waals surface area contributed by atoms with E-state index in [4.69, 9.17) is 0 Å². The van der Waals surface area contributed by atoms with E-state index in [1.807, 2.05) is 11.4 Å². The highest BCUT2D eigenvalue weighted by atomic mass is 32.2. The van der Waals surface area contributed by atoms with Crippen molar-refractivity contribution in [1.29, 1.82) is 0 Å². The van der Waals surface area contributed by atoms with Gasteiger partial charge >= 0.3 is 5.69 Å². The average molecular weight is 320 g/mol. The third-order valence-corrected chi connectivity index (χ3v) is 5.07. The smallest absolute Gasteiger partial charge is 0.300 e. The SMILES string of the molecule is Cn1c(CSc2ncnc3sccc23)cc(=O)n(C)c1=O. The Hall–Kier alpha value is -1.93. The number of hydrogen-bond donors (Lipinski definition) is 0. The average Bonchev–Trinajstić information content (AvgIpc) is 2.96. The van der Waals surface area contributed by atoms with Gasteiger partial charge in [-0.1, -0.05) is 11.8 Å². The fraction of sp³-hybridized carbons (Fsp3) is 0.231. The molecule has 8 heteroatoms. The first-order valence-electron chi connectivity index (χ1n) is 6.15. The van der Waals surface area contributed by atoms with Crippen molar-refractivity contribution in [2.45, 2.75) is 10.8 Å². The van der Waals surface area contributed by atoms with Crippen LogP contribution in [0.2, 0.25) is 0 Å². The molecular formula is C13H12N4O2S2. The molecule has 3 heterocycles. The number of thioether (sulfide) groups is 1. The van der Waals surface area contributed by atoms with Crippen LogP contribution >= 0.6 is 23.1 Å². The maximum Gasteiger partial charge on any atom is 0.330 e. The summed E-state index contributed by atoms with van der Waals surface area (Å²) in [7, 11) is 3.14. The van der Waals surface area contributed by atoms with Crippen molar-refractivity contribution in [3.05, 3.63) is 50.4 Å². The second-order valence-electron chi connectivity index (χ2n) is 4.48. The van der Waals surface area contributed by atoms with Gasteiger partial charge in [0, 0.05) is 37.0 Å². The molecule has 0 radical (unpaired) electrons. The summed E-state index contributed by atoms with van der Waals surface area (Å²) in [5, 5.41) is 3.83. The molecule has 0 aliphatic carbocycles. The molecule has 108 valence electrons. The van der Waals surface area contributed by atoms with Crippen LogP contribution in [0.4, 0.5) is 0 Å². The van der Waals surface area contributed by atoms with Crippen molar-refractivity contribution < 1.29 is 0 Å². The van der Waals surface area contributed by atoms with Gasteiger partial charge in [-0.25, -0.2) is 14.8 Å². The summed E-state index contributed by atoms with van der Waals surface area (Å²) in [4.78, 5) is 33.0. The molecule has 0 spiro atoms. The lowest BCUT2D eigenvalue weighted by Crippen LogP contribution is -2.37. The van der Waals surface area contributed by atoms with E-state index < -0.39 is 0 Å². The van der Waals surface area contributed by atoms with Crippen molar-refractivity contribution in [2.24, 2.45) is 14.1 Å². The number of thiophene rings is 1. The highest BCUT2D eigenvalue weighted by Gasteiger charge is 2.09. The van der Waals surface area contributed by atoms with Crippen LogP contribution < -0.4 is 11.2 Å². The van der Waals surface area contributed by atoms with Crippen LogP contribution in [-0.4, -0.2) is 19.1 Å². The Morgan fingerprint density at radius 1 is 1.24 bits per heavy atom. The Morgan fingerprint density at radius 2 is 2.05 bits per heavy atom. The van der Waals surface area contributed by atoms with Gasteiger partial charge in [0.2, 0.25) is 0 Å². The quantitative estimate of drug-likeness (QED) is 0.539. The van der Waals surface area contributed by atoms with Crippen LogP contribution in [0.15, 0.2) is 38.5 Å². The van der Waals surface area contributed by atoms with Crippen molar-refractivity contribution in [3.63, 3.8) is 0 Å². The Balaban J connectivity index is 1.94. The molecule has 3 rings (SSSR count). The molecule has 6 nitrogen and oxygen atoms in total. The summed E-state index contributed by atoms with van der Waals surface area (Å²) >= 11 is 3.05. The fourth-order valence-corrected chi connectivity index (χ4v) is 3.74. The Morgan fingerprint density at radius 3 is 2.86 bits per heavy atom. The van der Waals surface area contributed by atoms with Gasteiger partial charge < -0.3 is 0 Å². The summed E-state index contributed by atoms with van der Waals surface area (Å²) in [5.74, 6) is 0.504. The van der Waals surface area contributed by atoms with Crippen LogP contribution in [0, 0.1) is 0 Å². The molecule has 3 aromatic heterocycles. The van der Waals surface area contributed by atoms with E-state index in [9.17, 15) is 9.59 Å². The van der Waals surface area contributed by atoms with E-state index in [0.29, 0.717) is 11.4 Å². The van der Waals surface area contributed by atoms with Crippen molar-refractivity contribution >= 4 is 33.3 Å². The largest absolute Gasteiger partial charge is 0.330 e. The van der Waals surface area contributed by atoms with Crippen molar-refractivity contribution in [2.75, 3.05) is 0 Å². The molecule has 0 saturated heterocycles. The summed E-state index contributed by atoms with van der Waals surface area (Å²) < 4.78 is 2.58. The minimum atomic E-state index is -0.318. The molecule has 0 aliphatic heterocycles. The first kappa shape index (κ1) is 14.0. The zero-order chi connectivity index (χ0) is 15.0. The number of hydrogen-bond acceptors (Lipinski definition) is 6. The maximum atomic E-state index is 11.9. The van der Waals surface area contributed by atoms with Crippen LogP contribution in [0.25, 0.3) is 10.2 Å². The molecule has 0 unspecified atom stereocenters. The molecule has 0 bridgehead atoms. The molecule has 0 aliphatic rings. The second kappa shape index (κ2) is 5.45. The monoisotopic (exact) mass is 320 g/mol. The maximum absolute atomic E-state index is 11.9. The first-order valence-corrected chi connectivity index (χ1v) is 8.01. The zero-order valence-electron chi connectivity index (χ0n) is 11.4. The van der Waals surface area contributed by atoms with Gasteiger partial charge in [0.05, 0.1) is 0 Å². The molecule has 3 aromatic rings. The number of nitrogens with zero attached hydrogens (tertiary/aromatic N) is 4. The van der Waals surface area contributed by atoms with Crippen molar-refractivity contribution in [1.82, 2.24) is 19.1 Å². The summed E-state index contributed by atoms with van der Waals surface area (Å²) in [6.45, 7) is 0. The van der Waals surface area contributed by atoms with Gasteiger partial charge in [0.15, 0.2) is 0 Å². The van der Waals surface area contributed by atoms with Gasteiger partial charge in [0.25, 0.3) is 5.56 Å². The zero-order valence-corrected chi connectivity index (χ0v) is 13.1. The molecule has 21 heavy (non-hydrogen) atoms. The molecule has 0 amide bonds. The lowest BCUT2D eigenvalue weighted by Gasteiger charge is -2.09. The van der Waals surface area contributed by atoms with E-state index in [1.54, 1.807) is 18.4 Å². The lowest BCUT2D eigenvalue weighted by molar-refractivity contribution is 0.665. The molecule has 0 saturated carbocycles. The van der Waals surface area contributed by atoms with E-state index in [1.165, 1.54) is 35.8 Å². The van der Waals surface area contributed by atoms with E-state index in [-0.39, 0.29) is 11.2 Å². The molecule has 0 N–H and O–H groups in total. The standard InChI is InChI=1S/C13H12N4O2S2/c1-16-8(5-10(18)17(2)13(16)19)6-21-12-9-3-4-20-11(9)14-7-15-12/h3-5,7H,6H2,1-2H3. The molecular weight excluding hydrogens is 308 g/mol. The molecule has 0 atom stereocenters. The Labute approximate surface area is 128 Å². The Bertz CT molecular complexity index is 926. The van der Waals surface area contributed by atoms with Gasteiger partial charge in [-0.05, 0) is 11.4 Å². The van der Waals surface area contributed by atoms with Crippen LogP contribution in [-0.2, 0) is 19.8 Å². The molecule has 0 aromatic carbocycles. The predicted molar refractivity (Wildman–Crippen MR) is 83.9 cm³/mol. The van der Waals surface area contributed by atoms with E-state index >= 15 is 0 Å². The van der Waals surface area contributed by atoms with E-state index in [2.05, 4.69) is 9.97 Å². The van der Waals surface area contributed by atoms with Crippen molar-refractivity contribution in [3.8, 4) is 0 Å². The van der Waals surface area contributed by atoms with Crippen LogP contribution in [0.1, 0.15) is 5.69 Å². The van der Waals surface area contributed by atoms with Gasteiger partial charge in [0.1, 0.15) is 16.2 Å². The van der Waals surface area contributed by atoms with Crippen LogP contribution in [0.3, 0.4) is 0 Å². The first-order chi connectivity index (χ1) is 10.1. The van der Waals surface area contributed by atoms with Gasteiger partial charge in [-0.2, -0.15) is 0 Å². The fourth-order valence-electron chi connectivity index (χ4n) is 1.94. The van der Waals surface area contributed by atoms with Gasteiger partial charge in [-0.3, -0.25) is 13.9 Å². The minimum Gasteiger partial charge on any atom is -0.300 e. The minimum absolute atomic E-state index is 0.294. The third-order valence-electron chi connectivity index (χ3n) is 3.21. The third kappa shape index (κ3) is 2.52. The normalized spacial score (nSPS) is 11.1. The number of rotatable bonds is 3. The second-order valence-corrected chi connectivity index (χ2v) is 6.34. The highest BCUT2D eigenvalue weighted by molar-refractivity contribution is 7.98. The summed E-state index contributed by atoms with van der Waals surface area (Å²) in [6.07, 6.45) is 1.53. The topological polar surface area (TPSA) is 69.8 Å². The molecule has 0 fully saturated rings. The predicted octanol–water partition coefficient (Wildman–Crippen LogP) is 1.38. The van der Waals surface area contributed by atoms with E-state index in [0.717, 1.165) is 19.8 Å². The highest BCUT2D eigenvalue weighted by Crippen LogP contribution is 2.29. The van der Waals surface area contributed by atoms with Crippen LogP contribution in [0.5, 0.6) is 0 Å². The van der Waals surface area contributed by atoms with Gasteiger partial charge in [-0.15, -0.1) is 11.3 Å². The lowest BCUT2D eigenvalue weighted by atomic mass is 10.4. The summed E-state index contributed by atoms with van der Waals surface area (Å²) in [6, 6.07) is 3.46. The number of aromatic nitrogens is 4. The Kier molecular flexibility index (Phi) is 3.64.